The smallest absolute Gasteiger partial charge is 0.354 e. The molecule has 0 saturated carbocycles. The number of rotatable bonds is 3. The second kappa shape index (κ2) is 4.93. The Morgan fingerprint density at radius 2 is 2.28 bits per heavy atom. The van der Waals surface area contributed by atoms with Crippen molar-refractivity contribution in [3.8, 4) is 0 Å². The third kappa shape index (κ3) is 3.19. The molecule has 1 unspecified atom stereocenters. The molecular formula is C11H14N2O4S. The van der Waals surface area contributed by atoms with Gasteiger partial charge in [0.25, 0.3) is 0 Å². The molecule has 1 fully saturated rings. The Labute approximate surface area is 105 Å². The van der Waals surface area contributed by atoms with E-state index in [1.165, 1.54) is 12.3 Å². The Morgan fingerprint density at radius 1 is 1.50 bits per heavy atom. The molecule has 1 aromatic rings. The predicted molar refractivity (Wildman–Crippen MR) is 66.5 cm³/mol. The molecule has 1 saturated heterocycles. The maximum absolute atomic E-state index is 11.5. The summed E-state index contributed by atoms with van der Waals surface area (Å²) in [6.45, 7) is 0. The van der Waals surface area contributed by atoms with Gasteiger partial charge in [-0.15, -0.1) is 0 Å². The lowest BCUT2D eigenvalue weighted by atomic mass is 10.2. The van der Waals surface area contributed by atoms with Crippen LogP contribution in [-0.2, 0) is 9.84 Å². The molecular weight excluding hydrogens is 256 g/mol. The Balaban J connectivity index is 2.09. The van der Waals surface area contributed by atoms with E-state index in [1.807, 2.05) is 0 Å². The molecule has 0 aromatic carbocycles. The topological polar surface area (TPSA) is 96.4 Å². The minimum atomic E-state index is -2.97. The van der Waals surface area contributed by atoms with E-state index in [0.29, 0.717) is 12.1 Å². The molecule has 0 radical (unpaired) electrons. The third-order valence-corrected chi connectivity index (χ3v) is 4.63. The van der Waals surface area contributed by atoms with Gasteiger partial charge in [-0.3, -0.25) is 0 Å². The summed E-state index contributed by atoms with van der Waals surface area (Å²) >= 11 is 0. The van der Waals surface area contributed by atoms with Crippen LogP contribution < -0.4 is 5.32 Å². The van der Waals surface area contributed by atoms with Crippen molar-refractivity contribution in [3.05, 3.63) is 24.0 Å². The first-order valence-corrected chi connectivity index (χ1v) is 7.45. The second-order valence-electron chi connectivity index (χ2n) is 4.33. The van der Waals surface area contributed by atoms with E-state index in [2.05, 4.69) is 10.3 Å². The molecule has 18 heavy (non-hydrogen) atoms. The van der Waals surface area contributed by atoms with Crippen molar-refractivity contribution in [1.82, 2.24) is 4.98 Å². The summed E-state index contributed by atoms with van der Waals surface area (Å²) in [6.07, 6.45) is 2.80. The summed E-state index contributed by atoms with van der Waals surface area (Å²) in [7, 11) is -2.97. The van der Waals surface area contributed by atoms with Gasteiger partial charge in [-0.25, -0.2) is 18.2 Å². The van der Waals surface area contributed by atoms with Gasteiger partial charge in [-0.1, -0.05) is 0 Å². The van der Waals surface area contributed by atoms with Crippen LogP contribution in [0.15, 0.2) is 18.3 Å². The fourth-order valence-corrected chi connectivity index (χ4v) is 3.65. The lowest BCUT2D eigenvalue weighted by Gasteiger charge is -2.23. The van der Waals surface area contributed by atoms with Crippen molar-refractivity contribution >= 4 is 21.5 Å². The van der Waals surface area contributed by atoms with E-state index < -0.39 is 15.8 Å². The van der Waals surface area contributed by atoms with Crippen molar-refractivity contribution in [1.29, 1.82) is 0 Å². The van der Waals surface area contributed by atoms with E-state index in [0.717, 1.165) is 6.42 Å². The van der Waals surface area contributed by atoms with Crippen LogP contribution in [0, 0.1) is 0 Å². The molecule has 0 spiro atoms. The number of anilines is 1. The zero-order valence-corrected chi connectivity index (χ0v) is 10.5. The lowest BCUT2D eigenvalue weighted by Crippen LogP contribution is -2.34. The van der Waals surface area contributed by atoms with Crippen LogP contribution in [-0.4, -0.2) is 42.0 Å². The molecule has 0 aliphatic carbocycles. The molecule has 2 N–H and O–H groups in total. The molecule has 2 heterocycles. The largest absolute Gasteiger partial charge is 0.477 e. The minimum absolute atomic E-state index is 0.0568. The van der Waals surface area contributed by atoms with E-state index >= 15 is 0 Å². The fraction of sp³-hybridized carbons (Fsp3) is 0.455. The number of pyridine rings is 1. The second-order valence-corrected chi connectivity index (χ2v) is 6.56. The van der Waals surface area contributed by atoms with E-state index in [4.69, 9.17) is 5.11 Å². The summed E-state index contributed by atoms with van der Waals surface area (Å²) in [4.78, 5) is 14.5. The van der Waals surface area contributed by atoms with Crippen molar-refractivity contribution < 1.29 is 18.3 Å². The van der Waals surface area contributed by atoms with Gasteiger partial charge >= 0.3 is 5.97 Å². The molecule has 6 nitrogen and oxygen atoms in total. The molecule has 1 aliphatic heterocycles. The molecule has 2 rings (SSSR count). The summed E-state index contributed by atoms with van der Waals surface area (Å²) in [5.74, 6) is -0.769. The molecule has 1 aliphatic rings. The van der Waals surface area contributed by atoms with Gasteiger partial charge in [0, 0.05) is 17.9 Å². The lowest BCUT2D eigenvalue weighted by molar-refractivity contribution is 0.0690. The predicted octanol–water partition coefficient (Wildman–Crippen LogP) is 0.769. The number of carboxylic acid groups (broad SMARTS) is 1. The zero-order chi connectivity index (χ0) is 13.2. The van der Waals surface area contributed by atoms with Gasteiger partial charge in [-0.05, 0) is 25.0 Å². The summed E-state index contributed by atoms with van der Waals surface area (Å²) < 4.78 is 23.0. The molecule has 0 amide bonds. The maximum Gasteiger partial charge on any atom is 0.354 e. The van der Waals surface area contributed by atoms with Gasteiger partial charge in [0.05, 0.1) is 11.5 Å². The number of carbonyl (C=O) groups is 1. The Bertz CT molecular complexity index is 556. The number of hydrogen-bond donors (Lipinski definition) is 2. The van der Waals surface area contributed by atoms with Crippen LogP contribution >= 0.6 is 0 Å². The number of hydrogen-bond acceptors (Lipinski definition) is 5. The maximum atomic E-state index is 11.5. The molecule has 98 valence electrons. The number of carboxylic acids is 1. The highest BCUT2D eigenvalue weighted by molar-refractivity contribution is 7.91. The average Bonchev–Trinajstić information content (AvgIpc) is 2.28. The van der Waals surface area contributed by atoms with Gasteiger partial charge in [0.2, 0.25) is 0 Å². The number of aromatic nitrogens is 1. The average molecular weight is 270 g/mol. The van der Waals surface area contributed by atoms with Crippen molar-refractivity contribution in [2.45, 2.75) is 18.9 Å². The molecule has 1 aromatic heterocycles. The van der Waals surface area contributed by atoms with Gasteiger partial charge in [0.1, 0.15) is 5.69 Å². The first kappa shape index (κ1) is 12.8. The van der Waals surface area contributed by atoms with Gasteiger partial charge in [0.15, 0.2) is 9.84 Å². The SMILES string of the molecule is O=C(O)c1cc(NC2CCCS(=O)(=O)C2)ccn1. The van der Waals surface area contributed by atoms with Gasteiger partial charge in [-0.2, -0.15) is 0 Å². The first-order chi connectivity index (χ1) is 8.46. The van der Waals surface area contributed by atoms with Crippen LogP contribution in [0.25, 0.3) is 0 Å². The number of nitrogens with one attached hydrogen (secondary N) is 1. The highest BCUT2D eigenvalue weighted by Crippen LogP contribution is 2.17. The molecule has 0 bridgehead atoms. The monoisotopic (exact) mass is 270 g/mol. The van der Waals surface area contributed by atoms with E-state index in [-0.39, 0.29) is 23.2 Å². The van der Waals surface area contributed by atoms with Crippen molar-refractivity contribution in [2.24, 2.45) is 0 Å². The van der Waals surface area contributed by atoms with E-state index in [1.54, 1.807) is 6.07 Å². The fourth-order valence-electron chi connectivity index (χ4n) is 2.01. The molecule has 1 atom stereocenters. The van der Waals surface area contributed by atoms with Crippen LogP contribution in [0.1, 0.15) is 23.3 Å². The van der Waals surface area contributed by atoms with Crippen LogP contribution in [0.2, 0.25) is 0 Å². The third-order valence-electron chi connectivity index (χ3n) is 2.81. The summed E-state index contributed by atoms with van der Waals surface area (Å²) in [6, 6.07) is 2.88. The highest BCUT2D eigenvalue weighted by Gasteiger charge is 2.24. The van der Waals surface area contributed by atoms with Crippen LogP contribution in [0.5, 0.6) is 0 Å². The molecule has 7 heteroatoms. The minimum Gasteiger partial charge on any atom is -0.477 e. The summed E-state index contributed by atoms with van der Waals surface area (Å²) in [5.41, 5.74) is 0.531. The van der Waals surface area contributed by atoms with Crippen molar-refractivity contribution in [3.63, 3.8) is 0 Å². The first-order valence-electron chi connectivity index (χ1n) is 5.62. The number of sulfone groups is 1. The Morgan fingerprint density at radius 3 is 2.94 bits per heavy atom. The Hall–Kier alpha value is -1.63. The standard InChI is InChI=1S/C11H14N2O4S/c14-11(15)10-6-8(3-4-12-10)13-9-2-1-5-18(16,17)7-9/h3-4,6,9H,1-2,5,7H2,(H,12,13)(H,14,15). The number of nitrogens with zero attached hydrogens (tertiary/aromatic N) is 1. The number of aromatic carboxylic acids is 1. The zero-order valence-electron chi connectivity index (χ0n) is 9.67. The van der Waals surface area contributed by atoms with Crippen molar-refractivity contribution in [2.75, 3.05) is 16.8 Å². The van der Waals surface area contributed by atoms with Crippen LogP contribution in [0.3, 0.4) is 0 Å². The van der Waals surface area contributed by atoms with Gasteiger partial charge < -0.3 is 10.4 Å². The highest BCUT2D eigenvalue weighted by atomic mass is 32.2. The quantitative estimate of drug-likeness (QED) is 0.842. The normalized spacial score (nSPS) is 22.3. The summed E-state index contributed by atoms with van der Waals surface area (Å²) in [5, 5.41) is 11.9. The van der Waals surface area contributed by atoms with Crippen LogP contribution in [0.4, 0.5) is 5.69 Å². The Kier molecular flexibility index (Phi) is 3.51. The van der Waals surface area contributed by atoms with E-state index in [9.17, 15) is 13.2 Å².